The summed E-state index contributed by atoms with van der Waals surface area (Å²) in [6.45, 7) is 3.21. The van der Waals surface area contributed by atoms with E-state index in [1.165, 1.54) is 37.6 Å². The van der Waals surface area contributed by atoms with Gasteiger partial charge < -0.3 is 10.1 Å². The maximum absolute atomic E-state index is 13.4. The predicted octanol–water partition coefficient (Wildman–Crippen LogP) is 3.80. The van der Waals surface area contributed by atoms with Crippen molar-refractivity contribution in [3.05, 3.63) is 90.0 Å². The van der Waals surface area contributed by atoms with Gasteiger partial charge in [-0.3, -0.25) is 14.0 Å². The van der Waals surface area contributed by atoms with Crippen LogP contribution >= 0.6 is 0 Å². The number of carbonyl (C=O) groups excluding carboxylic acids is 1. The molecular formula is C27H31N3O4S. The first-order valence-corrected chi connectivity index (χ1v) is 13.2. The summed E-state index contributed by atoms with van der Waals surface area (Å²) in [5.41, 5.74) is 2.57. The van der Waals surface area contributed by atoms with Gasteiger partial charge >= 0.3 is 0 Å². The van der Waals surface area contributed by atoms with Gasteiger partial charge in [0.25, 0.3) is 10.0 Å². The summed E-state index contributed by atoms with van der Waals surface area (Å²) in [4.78, 5) is 15.4. The molecule has 1 heterocycles. The van der Waals surface area contributed by atoms with E-state index in [4.69, 9.17) is 4.74 Å². The topological polar surface area (TPSA) is 79.0 Å². The molecule has 1 aliphatic heterocycles. The van der Waals surface area contributed by atoms with Crippen LogP contribution in [0.1, 0.15) is 24.0 Å². The van der Waals surface area contributed by atoms with Gasteiger partial charge in [-0.2, -0.15) is 0 Å². The maximum Gasteiger partial charge on any atom is 0.264 e. The van der Waals surface area contributed by atoms with E-state index in [9.17, 15) is 13.2 Å². The number of ether oxygens (including phenoxy) is 1. The Hall–Kier alpha value is -3.36. The number of anilines is 1. The summed E-state index contributed by atoms with van der Waals surface area (Å²) >= 11 is 0. The second-order valence-electron chi connectivity index (χ2n) is 8.60. The van der Waals surface area contributed by atoms with Crippen molar-refractivity contribution in [1.29, 1.82) is 0 Å². The SMILES string of the molecule is COc1cccc(N(CC(=O)NCc2ccc(CN3CCCC3)cc2)S(=O)(=O)c2ccccc2)c1. The first-order valence-electron chi connectivity index (χ1n) is 11.7. The van der Waals surface area contributed by atoms with Crippen LogP contribution in [0.4, 0.5) is 5.69 Å². The fourth-order valence-electron chi connectivity index (χ4n) is 4.15. The second-order valence-corrected chi connectivity index (χ2v) is 10.5. The van der Waals surface area contributed by atoms with Gasteiger partial charge in [-0.15, -0.1) is 0 Å². The fourth-order valence-corrected chi connectivity index (χ4v) is 5.58. The van der Waals surface area contributed by atoms with E-state index in [1.54, 1.807) is 42.5 Å². The van der Waals surface area contributed by atoms with Gasteiger partial charge in [0, 0.05) is 19.2 Å². The molecule has 0 aromatic heterocycles. The van der Waals surface area contributed by atoms with Crippen LogP contribution in [0.15, 0.2) is 83.8 Å². The number of carbonyl (C=O) groups is 1. The Bertz CT molecular complexity index is 1220. The van der Waals surface area contributed by atoms with E-state index in [0.717, 1.165) is 29.5 Å². The van der Waals surface area contributed by atoms with E-state index in [1.807, 2.05) is 12.1 Å². The molecule has 1 fully saturated rings. The molecule has 0 spiro atoms. The summed E-state index contributed by atoms with van der Waals surface area (Å²) in [6, 6.07) is 23.0. The van der Waals surface area contributed by atoms with Gasteiger partial charge in [-0.1, -0.05) is 48.5 Å². The highest BCUT2D eigenvalue weighted by molar-refractivity contribution is 7.92. The van der Waals surface area contributed by atoms with Crippen LogP contribution in [0.5, 0.6) is 5.75 Å². The molecule has 0 saturated carbocycles. The Morgan fingerprint density at radius 2 is 1.63 bits per heavy atom. The molecule has 8 heteroatoms. The van der Waals surface area contributed by atoms with Crippen molar-refractivity contribution in [1.82, 2.24) is 10.2 Å². The zero-order valence-electron chi connectivity index (χ0n) is 19.9. The minimum atomic E-state index is -3.96. The van der Waals surface area contributed by atoms with Crippen LogP contribution in [0.3, 0.4) is 0 Å². The summed E-state index contributed by atoms with van der Waals surface area (Å²) in [5, 5.41) is 2.86. The molecule has 35 heavy (non-hydrogen) atoms. The predicted molar refractivity (Wildman–Crippen MR) is 137 cm³/mol. The first-order chi connectivity index (χ1) is 17.0. The lowest BCUT2D eigenvalue weighted by Gasteiger charge is -2.24. The Morgan fingerprint density at radius 3 is 2.31 bits per heavy atom. The second kappa shape index (κ2) is 11.4. The molecule has 3 aromatic carbocycles. The van der Waals surface area contributed by atoms with Crippen LogP contribution < -0.4 is 14.4 Å². The highest BCUT2D eigenvalue weighted by Crippen LogP contribution is 2.26. The molecule has 1 saturated heterocycles. The minimum absolute atomic E-state index is 0.115. The molecule has 1 amide bonds. The number of rotatable bonds is 10. The van der Waals surface area contributed by atoms with E-state index < -0.39 is 15.9 Å². The number of likely N-dealkylation sites (tertiary alicyclic amines) is 1. The largest absolute Gasteiger partial charge is 0.497 e. The standard InChI is InChI=1S/C27H31N3O4S/c1-34-25-9-7-8-24(18-25)30(35(32,33)26-10-3-2-4-11-26)21-27(31)28-19-22-12-14-23(15-13-22)20-29-16-5-6-17-29/h2-4,7-15,18H,5-6,16-17,19-21H2,1H3,(H,28,31). The molecule has 184 valence electrons. The third-order valence-electron chi connectivity index (χ3n) is 6.08. The van der Waals surface area contributed by atoms with Crippen molar-refractivity contribution < 1.29 is 17.9 Å². The Morgan fingerprint density at radius 1 is 0.943 bits per heavy atom. The highest BCUT2D eigenvalue weighted by Gasteiger charge is 2.27. The first kappa shape index (κ1) is 24.8. The number of sulfonamides is 1. The number of nitrogens with one attached hydrogen (secondary N) is 1. The van der Waals surface area contributed by atoms with Gasteiger partial charge in [0.15, 0.2) is 0 Å². The number of amides is 1. The molecule has 0 aliphatic carbocycles. The van der Waals surface area contributed by atoms with Crippen LogP contribution in [-0.2, 0) is 27.9 Å². The molecule has 0 bridgehead atoms. The number of methoxy groups -OCH3 is 1. The third kappa shape index (κ3) is 6.41. The van der Waals surface area contributed by atoms with Crippen molar-refractivity contribution in [3.63, 3.8) is 0 Å². The number of nitrogens with zero attached hydrogens (tertiary/aromatic N) is 2. The lowest BCUT2D eigenvalue weighted by atomic mass is 10.1. The number of hydrogen-bond acceptors (Lipinski definition) is 5. The van der Waals surface area contributed by atoms with Gasteiger partial charge in [-0.25, -0.2) is 8.42 Å². The van der Waals surface area contributed by atoms with Crippen LogP contribution in [0.25, 0.3) is 0 Å². The molecule has 0 unspecified atom stereocenters. The fraction of sp³-hybridized carbons (Fsp3) is 0.296. The quantitative estimate of drug-likeness (QED) is 0.465. The zero-order chi connectivity index (χ0) is 24.7. The summed E-state index contributed by atoms with van der Waals surface area (Å²) in [7, 11) is -2.45. The lowest BCUT2D eigenvalue weighted by Crippen LogP contribution is -2.40. The van der Waals surface area contributed by atoms with Gasteiger partial charge in [0.2, 0.25) is 5.91 Å². The van der Waals surface area contributed by atoms with Gasteiger partial charge in [0.05, 0.1) is 17.7 Å². The summed E-state index contributed by atoms with van der Waals surface area (Å²) in [5.74, 6) is 0.110. The zero-order valence-corrected chi connectivity index (χ0v) is 20.7. The molecule has 4 rings (SSSR count). The van der Waals surface area contributed by atoms with Crippen LogP contribution in [0, 0.1) is 0 Å². The van der Waals surface area contributed by atoms with Crippen LogP contribution in [0.2, 0.25) is 0 Å². The molecule has 0 atom stereocenters. The van der Waals surface area contributed by atoms with Crippen molar-refractivity contribution in [3.8, 4) is 5.75 Å². The minimum Gasteiger partial charge on any atom is -0.497 e. The summed E-state index contributed by atoms with van der Waals surface area (Å²) < 4.78 is 33.2. The maximum atomic E-state index is 13.4. The molecule has 1 aliphatic rings. The number of benzene rings is 3. The van der Waals surface area contributed by atoms with Crippen molar-refractivity contribution in [2.75, 3.05) is 31.0 Å². The molecule has 3 aromatic rings. The van der Waals surface area contributed by atoms with Crippen molar-refractivity contribution in [2.24, 2.45) is 0 Å². The Balaban J connectivity index is 1.45. The van der Waals surface area contributed by atoms with E-state index in [-0.39, 0.29) is 11.4 Å². The third-order valence-corrected chi connectivity index (χ3v) is 7.87. The summed E-state index contributed by atoms with van der Waals surface area (Å²) in [6.07, 6.45) is 2.52. The molecule has 7 nitrogen and oxygen atoms in total. The lowest BCUT2D eigenvalue weighted by molar-refractivity contribution is -0.119. The highest BCUT2D eigenvalue weighted by atomic mass is 32.2. The average molecular weight is 494 g/mol. The van der Waals surface area contributed by atoms with Gasteiger partial charge in [0.1, 0.15) is 12.3 Å². The van der Waals surface area contributed by atoms with Crippen LogP contribution in [-0.4, -0.2) is 46.0 Å². The normalized spacial score (nSPS) is 14.0. The van der Waals surface area contributed by atoms with Gasteiger partial charge in [-0.05, 0) is 61.3 Å². The average Bonchev–Trinajstić information content (AvgIpc) is 3.40. The Labute approximate surface area is 207 Å². The van der Waals surface area contributed by atoms with E-state index in [2.05, 4.69) is 22.3 Å². The molecular weight excluding hydrogens is 462 g/mol. The monoisotopic (exact) mass is 493 g/mol. The van der Waals surface area contributed by atoms with Crippen molar-refractivity contribution >= 4 is 21.6 Å². The number of hydrogen-bond donors (Lipinski definition) is 1. The molecule has 0 radical (unpaired) electrons. The van der Waals surface area contributed by atoms with Crippen molar-refractivity contribution in [2.45, 2.75) is 30.8 Å². The Kier molecular flexibility index (Phi) is 8.05. The van der Waals surface area contributed by atoms with E-state index in [0.29, 0.717) is 18.0 Å². The smallest absolute Gasteiger partial charge is 0.264 e. The molecule has 1 N–H and O–H groups in total. The van der Waals surface area contributed by atoms with E-state index >= 15 is 0 Å².